The van der Waals surface area contributed by atoms with Gasteiger partial charge in [0, 0.05) is 31.9 Å². The van der Waals surface area contributed by atoms with Gasteiger partial charge in [0.05, 0.1) is 11.6 Å². The highest BCUT2D eigenvalue weighted by molar-refractivity contribution is 6.46. The Hall–Kier alpha value is -3.80. The highest BCUT2D eigenvalue weighted by atomic mass is 16.5. The van der Waals surface area contributed by atoms with Gasteiger partial charge in [-0.3, -0.25) is 9.59 Å². The molecule has 1 aliphatic rings. The molecule has 1 saturated heterocycles. The molecule has 0 bridgehead atoms. The summed E-state index contributed by atoms with van der Waals surface area (Å²) in [6.45, 7) is 9.71. The van der Waals surface area contributed by atoms with Gasteiger partial charge in [-0.2, -0.15) is 0 Å². The lowest BCUT2D eigenvalue weighted by atomic mass is 9.93. The van der Waals surface area contributed by atoms with Crippen molar-refractivity contribution in [3.63, 3.8) is 0 Å². The number of ketones is 1. The van der Waals surface area contributed by atoms with E-state index in [1.807, 2.05) is 50.2 Å². The maximum Gasteiger partial charge on any atom is 0.295 e. The third-order valence-electron chi connectivity index (χ3n) is 5.41. The van der Waals surface area contributed by atoms with Crippen LogP contribution in [0.5, 0.6) is 5.75 Å². The summed E-state index contributed by atoms with van der Waals surface area (Å²) in [7, 11) is 3.87. The number of amides is 1. The second kappa shape index (κ2) is 9.56. The van der Waals surface area contributed by atoms with E-state index in [4.69, 9.17) is 4.74 Å². The average Bonchev–Trinajstić information content (AvgIpc) is 3.02. The second-order valence-corrected chi connectivity index (χ2v) is 7.80. The Morgan fingerprint density at radius 3 is 2.38 bits per heavy atom. The van der Waals surface area contributed by atoms with E-state index in [-0.39, 0.29) is 17.9 Å². The highest BCUT2D eigenvalue weighted by Gasteiger charge is 2.45. The van der Waals surface area contributed by atoms with Crippen molar-refractivity contribution in [1.29, 1.82) is 0 Å². The molecular formula is C26H28N2O4. The van der Waals surface area contributed by atoms with Crippen LogP contribution in [0.4, 0.5) is 5.69 Å². The Morgan fingerprint density at radius 2 is 1.81 bits per heavy atom. The van der Waals surface area contributed by atoms with Crippen LogP contribution < -0.4 is 9.64 Å². The molecule has 1 amide bonds. The van der Waals surface area contributed by atoms with Crippen LogP contribution in [0.1, 0.15) is 22.7 Å². The Balaban J connectivity index is 2.13. The molecule has 3 rings (SSSR count). The van der Waals surface area contributed by atoms with Crippen LogP contribution in [0.2, 0.25) is 0 Å². The standard InChI is InChI=1S/C26H28N2O4/c1-6-14-28-23(18-8-10-19(11-9-18)27(4)5)22(25(30)26(28)31)24(29)21-13-12-20(16-17(21)3)32-15-7-2/h6-13,16,23,29H,1-2,14-15H2,3-5H3/b24-22-. The lowest BCUT2D eigenvalue weighted by molar-refractivity contribution is -0.139. The van der Waals surface area contributed by atoms with Crippen molar-refractivity contribution in [3.05, 3.63) is 90.0 Å². The van der Waals surface area contributed by atoms with Crippen molar-refractivity contribution in [2.75, 3.05) is 32.1 Å². The molecule has 1 aliphatic heterocycles. The predicted molar refractivity (Wildman–Crippen MR) is 127 cm³/mol. The number of hydrogen-bond donors (Lipinski definition) is 1. The van der Waals surface area contributed by atoms with Gasteiger partial charge in [0.15, 0.2) is 0 Å². The maximum absolute atomic E-state index is 13.0. The fourth-order valence-corrected chi connectivity index (χ4v) is 3.80. The van der Waals surface area contributed by atoms with Crippen LogP contribution >= 0.6 is 0 Å². The molecule has 1 N–H and O–H groups in total. The summed E-state index contributed by atoms with van der Waals surface area (Å²) in [4.78, 5) is 29.2. The fourth-order valence-electron chi connectivity index (χ4n) is 3.80. The van der Waals surface area contributed by atoms with Gasteiger partial charge in [-0.25, -0.2) is 0 Å². The summed E-state index contributed by atoms with van der Waals surface area (Å²) in [5.41, 5.74) is 2.99. The summed E-state index contributed by atoms with van der Waals surface area (Å²) >= 11 is 0. The first-order chi connectivity index (χ1) is 15.3. The van der Waals surface area contributed by atoms with Gasteiger partial charge in [0.1, 0.15) is 18.1 Å². The number of carbonyl (C=O) groups is 2. The summed E-state index contributed by atoms with van der Waals surface area (Å²) < 4.78 is 5.54. The highest BCUT2D eigenvalue weighted by Crippen LogP contribution is 2.40. The number of benzene rings is 2. The van der Waals surface area contributed by atoms with Crippen LogP contribution in [-0.4, -0.2) is 48.9 Å². The first-order valence-corrected chi connectivity index (χ1v) is 10.3. The fraction of sp³-hybridized carbons (Fsp3) is 0.231. The molecule has 2 aromatic rings. The number of Topliss-reactive ketones (excluding diaryl/α,β-unsaturated/α-hetero) is 1. The van der Waals surface area contributed by atoms with Crippen molar-refractivity contribution >= 4 is 23.1 Å². The van der Waals surface area contributed by atoms with Crippen LogP contribution in [0.15, 0.2) is 73.3 Å². The number of anilines is 1. The molecule has 0 radical (unpaired) electrons. The van der Waals surface area contributed by atoms with Crippen molar-refractivity contribution in [3.8, 4) is 5.75 Å². The van der Waals surface area contributed by atoms with Crippen molar-refractivity contribution in [1.82, 2.24) is 4.90 Å². The van der Waals surface area contributed by atoms with E-state index < -0.39 is 17.7 Å². The molecule has 6 heteroatoms. The average molecular weight is 433 g/mol. The number of hydrogen-bond acceptors (Lipinski definition) is 5. The number of aliphatic hydroxyl groups excluding tert-OH is 1. The Kier molecular flexibility index (Phi) is 6.83. The number of rotatable bonds is 8. The number of aliphatic hydroxyl groups is 1. The van der Waals surface area contributed by atoms with Gasteiger partial charge in [0.25, 0.3) is 11.7 Å². The van der Waals surface area contributed by atoms with Gasteiger partial charge < -0.3 is 19.6 Å². The molecule has 6 nitrogen and oxygen atoms in total. The minimum absolute atomic E-state index is 0.0670. The van der Waals surface area contributed by atoms with Gasteiger partial charge in [0.2, 0.25) is 0 Å². The summed E-state index contributed by atoms with van der Waals surface area (Å²) in [5.74, 6) is -0.944. The van der Waals surface area contributed by atoms with Gasteiger partial charge in [-0.15, -0.1) is 6.58 Å². The quantitative estimate of drug-likeness (QED) is 0.293. The second-order valence-electron chi connectivity index (χ2n) is 7.80. The van der Waals surface area contributed by atoms with Crippen molar-refractivity contribution < 1.29 is 19.4 Å². The van der Waals surface area contributed by atoms with E-state index in [9.17, 15) is 14.7 Å². The molecule has 0 aromatic heterocycles. The number of ether oxygens (including phenoxy) is 1. The van der Waals surface area contributed by atoms with Gasteiger partial charge in [-0.1, -0.05) is 30.9 Å². The molecule has 1 fully saturated rings. The molecule has 32 heavy (non-hydrogen) atoms. The number of aryl methyl sites for hydroxylation is 1. The first kappa shape index (κ1) is 22.9. The number of carbonyl (C=O) groups excluding carboxylic acids is 2. The van der Waals surface area contributed by atoms with Crippen LogP contribution in [0.25, 0.3) is 5.76 Å². The van der Waals surface area contributed by atoms with Crippen molar-refractivity contribution in [2.45, 2.75) is 13.0 Å². The normalized spacial score (nSPS) is 17.3. The Labute approximate surface area is 188 Å². The van der Waals surface area contributed by atoms with Gasteiger partial charge in [-0.05, 0) is 48.4 Å². The maximum atomic E-state index is 13.0. The van der Waals surface area contributed by atoms with E-state index in [1.165, 1.54) is 4.90 Å². The van der Waals surface area contributed by atoms with Gasteiger partial charge >= 0.3 is 0 Å². The first-order valence-electron chi connectivity index (χ1n) is 10.3. The molecule has 2 aromatic carbocycles. The largest absolute Gasteiger partial charge is 0.507 e. The zero-order chi connectivity index (χ0) is 23.4. The Morgan fingerprint density at radius 1 is 1.12 bits per heavy atom. The summed E-state index contributed by atoms with van der Waals surface area (Å²) in [6, 6.07) is 12.0. The van der Waals surface area contributed by atoms with Crippen LogP contribution in [-0.2, 0) is 9.59 Å². The predicted octanol–water partition coefficient (Wildman–Crippen LogP) is 4.23. The molecule has 1 atom stereocenters. The van der Waals surface area contributed by atoms with E-state index in [1.54, 1.807) is 30.4 Å². The Bertz CT molecular complexity index is 1080. The van der Waals surface area contributed by atoms with E-state index in [0.29, 0.717) is 17.9 Å². The minimum atomic E-state index is -0.711. The minimum Gasteiger partial charge on any atom is -0.507 e. The van der Waals surface area contributed by atoms with E-state index in [2.05, 4.69) is 13.2 Å². The molecule has 1 unspecified atom stereocenters. The summed E-state index contributed by atoms with van der Waals surface area (Å²) in [6.07, 6.45) is 3.22. The molecule has 166 valence electrons. The lowest BCUT2D eigenvalue weighted by Gasteiger charge is -2.25. The number of likely N-dealkylation sites (tertiary alicyclic amines) is 1. The van der Waals surface area contributed by atoms with Crippen LogP contribution in [0.3, 0.4) is 0 Å². The molecule has 1 heterocycles. The lowest BCUT2D eigenvalue weighted by Crippen LogP contribution is -2.29. The molecule has 0 spiro atoms. The van der Waals surface area contributed by atoms with Crippen molar-refractivity contribution in [2.24, 2.45) is 0 Å². The smallest absolute Gasteiger partial charge is 0.295 e. The summed E-state index contributed by atoms with van der Waals surface area (Å²) in [5, 5.41) is 11.2. The van der Waals surface area contributed by atoms with Crippen LogP contribution in [0, 0.1) is 6.92 Å². The van der Waals surface area contributed by atoms with E-state index in [0.717, 1.165) is 16.8 Å². The zero-order valence-electron chi connectivity index (χ0n) is 18.7. The third kappa shape index (κ3) is 4.30. The monoisotopic (exact) mass is 432 g/mol. The zero-order valence-corrected chi connectivity index (χ0v) is 18.7. The molecular weight excluding hydrogens is 404 g/mol. The SMILES string of the molecule is C=CCOc1ccc(/C(O)=C2/C(=O)C(=O)N(CC=C)C2c2ccc(N(C)C)cc2)c(C)c1. The third-order valence-corrected chi connectivity index (χ3v) is 5.41. The molecule has 0 aliphatic carbocycles. The number of nitrogens with zero attached hydrogens (tertiary/aromatic N) is 2. The molecule has 0 saturated carbocycles. The van der Waals surface area contributed by atoms with E-state index >= 15 is 0 Å². The topological polar surface area (TPSA) is 70.1 Å².